The smallest absolute Gasteiger partial charge is 0.253 e. The van der Waals surface area contributed by atoms with E-state index in [9.17, 15) is 4.79 Å². The molecule has 0 saturated carbocycles. The molecule has 1 N–H and O–H groups in total. The highest BCUT2D eigenvalue weighted by Gasteiger charge is 2.12. The van der Waals surface area contributed by atoms with Gasteiger partial charge in [-0.05, 0) is 61.7 Å². The Hall–Kier alpha value is -0.300. The van der Waals surface area contributed by atoms with Crippen LogP contribution in [0.25, 0.3) is 0 Å². The number of amides is 1. The second kappa shape index (κ2) is 9.11. The predicted molar refractivity (Wildman–Crippen MR) is 104 cm³/mol. The number of halogens is 3. The molecule has 6 heteroatoms. The van der Waals surface area contributed by atoms with Gasteiger partial charge in [0, 0.05) is 31.5 Å². The molecule has 0 fully saturated rings. The van der Waals surface area contributed by atoms with Crippen molar-refractivity contribution in [1.82, 2.24) is 5.32 Å². The Morgan fingerprint density at radius 3 is 2.41 bits per heavy atom. The topological polar surface area (TPSA) is 29.1 Å². The molecular formula is C16H14Br3NOS. The van der Waals surface area contributed by atoms with Gasteiger partial charge in [0.25, 0.3) is 5.91 Å². The second-order valence-corrected chi connectivity index (χ2v) is 8.26. The van der Waals surface area contributed by atoms with Crippen LogP contribution in [0.2, 0.25) is 0 Å². The van der Waals surface area contributed by atoms with E-state index >= 15 is 0 Å². The molecule has 0 unspecified atom stereocenters. The van der Waals surface area contributed by atoms with Gasteiger partial charge in [-0.25, -0.2) is 0 Å². The minimum Gasteiger partial charge on any atom is -0.351 e. The van der Waals surface area contributed by atoms with Gasteiger partial charge in [-0.15, -0.1) is 0 Å². The molecule has 1 amide bonds. The summed E-state index contributed by atoms with van der Waals surface area (Å²) in [4.78, 5) is 12.2. The molecule has 116 valence electrons. The zero-order chi connectivity index (χ0) is 15.9. The number of carbonyl (C=O) groups is 1. The minimum atomic E-state index is -0.0672. The molecule has 0 radical (unpaired) electrons. The van der Waals surface area contributed by atoms with Crippen molar-refractivity contribution in [1.29, 1.82) is 0 Å². The quantitative estimate of drug-likeness (QED) is 0.513. The fourth-order valence-corrected chi connectivity index (χ4v) is 4.47. The molecule has 22 heavy (non-hydrogen) atoms. The first-order valence-electron chi connectivity index (χ1n) is 6.62. The SMILES string of the molecule is O=C(NCCSCc1cccc(Br)c1)c1c(Br)cccc1Br. The summed E-state index contributed by atoms with van der Waals surface area (Å²) in [6.07, 6.45) is 0. The van der Waals surface area contributed by atoms with Crippen molar-refractivity contribution in [2.75, 3.05) is 12.3 Å². The van der Waals surface area contributed by atoms with E-state index in [2.05, 4.69) is 65.2 Å². The average Bonchev–Trinajstić information content (AvgIpc) is 2.47. The number of benzene rings is 2. The van der Waals surface area contributed by atoms with Crippen molar-refractivity contribution < 1.29 is 4.79 Å². The van der Waals surface area contributed by atoms with Gasteiger partial charge in [-0.2, -0.15) is 11.8 Å². The molecule has 2 aromatic carbocycles. The first-order valence-corrected chi connectivity index (χ1v) is 10.2. The van der Waals surface area contributed by atoms with Crippen LogP contribution in [0.4, 0.5) is 0 Å². The summed E-state index contributed by atoms with van der Waals surface area (Å²) < 4.78 is 2.68. The number of nitrogens with one attached hydrogen (secondary N) is 1. The molecule has 0 bridgehead atoms. The highest BCUT2D eigenvalue weighted by Crippen LogP contribution is 2.25. The van der Waals surface area contributed by atoms with Gasteiger partial charge in [-0.1, -0.05) is 34.1 Å². The van der Waals surface area contributed by atoms with Crippen molar-refractivity contribution in [3.05, 3.63) is 67.0 Å². The van der Waals surface area contributed by atoms with E-state index < -0.39 is 0 Å². The summed E-state index contributed by atoms with van der Waals surface area (Å²) in [6.45, 7) is 0.644. The van der Waals surface area contributed by atoms with E-state index in [1.54, 1.807) is 11.8 Å². The lowest BCUT2D eigenvalue weighted by atomic mass is 10.2. The maximum atomic E-state index is 12.2. The Bertz CT molecular complexity index is 643. The highest BCUT2D eigenvalue weighted by atomic mass is 79.9. The van der Waals surface area contributed by atoms with Gasteiger partial charge >= 0.3 is 0 Å². The van der Waals surface area contributed by atoms with Crippen LogP contribution in [-0.2, 0) is 5.75 Å². The van der Waals surface area contributed by atoms with E-state index in [0.29, 0.717) is 12.1 Å². The molecule has 0 spiro atoms. The third-order valence-corrected chi connectivity index (χ3v) is 5.72. The van der Waals surface area contributed by atoms with Crippen molar-refractivity contribution >= 4 is 65.5 Å². The van der Waals surface area contributed by atoms with Crippen LogP contribution in [0.1, 0.15) is 15.9 Å². The fraction of sp³-hybridized carbons (Fsp3) is 0.188. The molecule has 2 rings (SSSR count). The van der Waals surface area contributed by atoms with Crippen LogP contribution in [0.5, 0.6) is 0 Å². The lowest BCUT2D eigenvalue weighted by Gasteiger charge is -2.08. The largest absolute Gasteiger partial charge is 0.351 e. The summed E-state index contributed by atoms with van der Waals surface area (Å²) in [5.41, 5.74) is 1.92. The molecular weight excluding hydrogens is 494 g/mol. The van der Waals surface area contributed by atoms with Crippen molar-refractivity contribution in [2.24, 2.45) is 0 Å². The van der Waals surface area contributed by atoms with E-state index in [-0.39, 0.29) is 5.91 Å². The Morgan fingerprint density at radius 2 is 1.73 bits per heavy atom. The lowest BCUT2D eigenvalue weighted by molar-refractivity contribution is 0.0954. The van der Waals surface area contributed by atoms with E-state index in [4.69, 9.17) is 0 Å². The van der Waals surface area contributed by atoms with Gasteiger partial charge in [0.2, 0.25) is 0 Å². The maximum absolute atomic E-state index is 12.2. The summed E-state index contributed by atoms with van der Waals surface area (Å²) in [7, 11) is 0. The van der Waals surface area contributed by atoms with Gasteiger partial charge in [0.15, 0.2) is 0 Å². The summed E-state index contributed by atoms with van der Waals surface area (Å²) in [5, 5.41) is 2.95. The second-order valence-electron chi connectivity index (χ2n) is 4.54. The third kappa shape index (κ3) is 5.41. The van der Waals surface area contributed by atoms with E-state index in [1.165, 1.54) is 5.56 Å². The van der Waals surface area contributed by atoms with Crippen LogP contribution in [0, 0.1) is 0 Å². The molecule has 0 saturated heterocycles. The van der Waals surface area contributed by atoms with Crippen LogP contribution in [-0.4, -0.2) is 18.2 Å². The van der Waals surface area contributed by atoms with Gasteiger partial charge in [0.1, 0.15) is 0 Å². The maximum Gasteiger partial charge on any atom is 0.253 e. The number of hydrogen-bond acceptors (Lipinski definition) is 2. The first kappa shape index (κ1) is 18.0. The normalized spacial score (nSPS) is 10.5. The molecule has 2 aromatic rings. The molecule has 0 atom stereocenters. The zero-order valence-electron chi connectivity index (χ0n) is 11.6. The Morgan fingerprint density at radius 1 is 1.05 bits per heavy atom. The van der Waals surface area contributed by atoms with E-state index in [1.807, 2.05) is 30.3 Å². The summed E-state index contributed by atoms with van der Waals surface area (Å²) >= 11 is 12.1. The lowest BCUT2D eigenvalue weighted by Crippen LogP contribution is -2.26. The average molecular weight is 508 g/mol. The van der Waals surface area contributed by atoms with E-state index in [0.717, 1.165) is 24.9 Å². The number of hydrogen-bond donors (Lipinski definition) is 1. The standard InChI is InChI=1S/C16H14Br3NOS/c17-12-4-1-3-11(9-12)10-22-8-7-20-16(21)15-13(18)5-2-6-14(15)19/h1-6,9H,7-8,10H2,(H,20,21). The molecule has 0 aliphatic rings. The van der Waals surface area contributed by atoms with Crippen molar-refractivity contribution in [2.45, 2.75) is 5.75 Å². The zero-order valence-corrected chi connectivity index (χ0v) is 17.2. The van der Waals surface area contributed by atoms with Gasteiger partial charge in [-0.3, -0.25) is 4.79 Å². The van der Waals surface area contributed by atoms with Crippen molar-refractivity contribution in [3.63, 3.8) is 0 Å². The Kier molecular flexibility index (Phi) is 7.47. The number of carbonyl (C=O) groups excluding carboxylic acids is 1. The third-order valence-electron chi connectivity index (χ3n) is 2.88. The summed E-state index contributed by atoms with van der Waals surface area (Å²) in [5.74, 6) is 1.75. The Balaban J connectivity index is 1.76. The van der Waals surface area contributed by atoms with Crippen LogP contribution in [0.3, 0.4) is 0 Å². The van der Waals surface area contributed by atoms with Gasteiger partial charge < -0.3 is 5.32 Å². The fourth-order valence-electron chi connectivity index (χ4n) is 1.86. The van der Waals surface area contributed by atoms with Gasteiger partial charge in [0.05, 0.1) is 5.56 Å². The van der Waals surface area contributed by atoms with Crippen LogP contribution in [0.15, 0.2) is 55.9 Å². The first-order chi connectivity index (χ1) is 10.6. The number of rotatable bonds is 6. The summed E-state index contributed by atoms with van der Waals surface area (Å²) in [6, 6.07) is 13.9. The molecule has 0 aliphatic heterocycles. The predicted octanol–water partition coefficient (Wildman–Crippen LogP) is 5.64. The molecule has 0 heterocycles. The highest BCUT2D eigenvalue weighted by molar-refractivity contribution is 9.11. The molecule has 0 aliphatic carbocycles. The molecule has 2 nitrogen and oxygen atoms in total. The van der Waals surface area contributed by atoms with Crippen molar-refractivity contribution in [3.8, 4) is 0 Å². The number of thioether (sulfide) groups is 1. The Labute approximate surface area is 159 Å². The van der Waals surface area contributed by atoms with Crippen LogP contribution >= 0.6 is 59.6 Å². The van der Waals surface area contributed by atoms with Crippen LogP contribution < -0.4 is 5.32 Å². The monoisotopic (exact) mass is 505 g/mol. The minimum absolute atomic E-state index is 0.0672. The molecule has 0 aromatic heterocycles.